The fourth-order valence-electron chi connectivity index (χ4n) is 1.97. The SMILES string of the molecule is Cc1noc(C)c1CC(C)NS(=O)(=O)c1ccccn1. The van der Waals surface area contributed by atoms with Crippen molar-refractivity contribution in [2.45, 2.75) is 38.3 Å². The van der Waals surface area contributed by atoms with Gasteiger partial charge in [-0.1, -0.05) is 11.2 Å². The lowest BCUT2D eigenvalue weighted by Crippen LogP contribution is -2.34. The number of hydrogen-bond acceptors (Lipinski definition) is 5. The highest BCUT2D eigenvalue weighted by Gasteiger charge is 2.20. The molecule has 0 amide bonds. The van der Waals surface area contributed by atoms with Gasteiger partial charge in [-0.15, -0.1) is 0 Å². The highest BCUT2D eigenvalue weighted by atomic mass is 32.2. The van der Waals surface area contributed by atoms with Crippen LogP contribution in [0.15, 0.2) is 33.9 Å². The van der Waals surface area contributed by atoms with E-state index in [1.165, 1.54) is 12.3 Å². The van der Waals surface area contributed by atoms with Gasteiger partial charge in [-0.25, -0.2) is 18.1 Å². The summed E-state index contributed by atoms with van der Waals surface area (Å²) in [6, 6.07) is 4.50. The molecule has 0 radical (unpaired) electrons. The van der Waals surface area contributed by atoms with Crippen molar-refractivity contribution in [2.75, 3.05) is 0 Å². The van der Waals surface area contributed by atoms with E-state index in [-0.39, 0.29) is 11.1 Å². The second-order valence-corrected chi connectivity index (χ2v) is 6.36. The Morgan fingerprint density at radius 1 is 1.35 bits per heavy atom. The molecule has 20 heavy (non-hydrogen) atoms. The standard InChI is InChI=1S/C13H17N3O3S/c1-9(8-12-10(2)15-19-11(12)3)16-20(17,18)13-6-4-5-7-14-13/h4-7,9,16H,8H2,1-3H3. The van der Waals surface area contributed by atoms with E-state index in [9.17, 15) is 8.42 Å². The first-order valence-electron chi connectivity index (χ1n) is 6.25. The molecule has 2 aromatic heterocycles. The van der Waals surface area contributed by atoms with Crippen molar-refractivity contribution in [1.82, 2.24) is 14.9 Å². The van der Waals surface area contributed by atoms with Gasteiger partial charge in [0.2, 0.25) is 0 Å². The number of sulfonamides is 1. The fourth-order valence-corrected chi connectivity index (χ4v) is 3.16. The average Bonchev–Trinajstić information content (AvgIpc) is 2.71. The third-order valence-electron chi connectivity index (χ3n) is 2.96. The molecule has 2 heterocycles. The largest absolute Gasteiger partial charge is 0.361 e. The molecule has 0 saturated heterocycles. The number of hydrogen-bond donors (Lipinski definition) is 1. The second-order valence-electron chi connectivity index (χ2n) is 4.70. The van der Waals surface area contributed by atoms with Crippen LogP contribution in [0.2, 0.25) is 0 Å². The van der Waals surface area contributed by atoms with E-state index < -0.39 is 10.0 Å². The van der Waals surface area contributed by atoms with Crippen LogP contribution in [-0.2, 0) is 16.4 Å². The molecule has 1 unspecified atom stereocenters. The number of nitrogens with one attached hydrogen (secondary N) is 1. The van der Waals surface area contributed by atoms with E-state index in [1.807, 2.05) is 13.8 Å². The molecule has 1 N–H and O–H groups in total. The molecule has 0 bridgehead atoms. The van der Waals surface area contributed by atoms with Crippen LogP contribution in [0.1, 0.15) is 23.9 Å². The van der Waals surface area contributed by atoms with Crippen molar-refractivity contribution in [3.63, 3.8) is 0 Å². The van der Waals surface area contributed by atoms with Gasteiger partial charge in [0.15, 0.2) is 5.03 Å². The van der Waals surface area contributed by atoms with E-state index in [0.717, 1.165) is 11.3 Å². The molecule has 0 aliphatic carbocycles. The molecule has 0 saturated carbocycles. The van der Waals surface area contributed by atoms with Gasteiger partial charge in [0, 0.05) is 17.8 Å². The smallest absolute Gasteiger partial charge is 0.258 e. The third kappa shape index (κ3) is 3.23. The Morgan fingerprint density at radius 3 is 2.65 bits per heavy atom. The Hall–Kier alpha value is -1.73. The Morgan fingerprint density at radius 2 is 2.10 bits per heavy atom. The van der Waals surface area contributed by atoms with Crippen molar-refractivity contribution in [3.8, 4) is 0 Å². The summed E-state index contributed by atoms with van der Waals surface area (Å²) in [6.07, 6.45) is 1.97. The summed E-state index contributed by atoms with van der Waals surface area (Å²) in [6.45, 7) is 5.45. The summed E-state index contributed by atoms with van der Waals surface area (Å²) in [5.41, 5.74) is 1.72. The first-order chi connectivity index (χ1) is 9.40. The molecule has 0 aliphatic rings. The molecule has 0 aromatic carbocycles. The molecular formula is C13H17N3O3S. The summed E-state index contributed by atoms with van der Waals surface area (Å²) in [4.78, 5) is 3.85. The number of rotatable bonds is 5. The van der Waals surface area contributed by atoms with Gasteiger partial charge in [0.25, 0.3) is 10.0 Å². The molecule has 6 nitrogen and oxygen atoms in total. The molecular weight excluding hydrogens is 278 g/mol. The van der Waals surface area contributed by atoms with E-state index in [2.05, 4.69) is 14.9 Å². The predicted molar refractivity (Wildman–Crippen MR) is 73.7 cm³/mol. The molecule has 7 heteroatoms. The van der Waals surface area contributed by atoms with Crippen molar-refractivity contribution >= 4 is 10.0 Å². The Kier molecular flexibility index (Phi) is 4.20. The van der Waals surface area contributed by atoms with Gasteiger partial charge in [-0.3, -0.25) is 0 Å². The summed E-state index contributed by atoms with van der Waals surface area (Å²) < 4.78 is 31.9. The molecule has 2 rings (SSSR count). The topological polar surface area (TPSA) is 85.1 Å². The first kappa shape index (κ1) is 14.7. The summed E-state index contributed by atoms with van der Waals surface area (Å²) >= 11 is 0. The molecule has 108 valence electrons. The minimum Gasteiger partial charge on any atom is -0.361 e. The zero-order valence-electron chi connectivity index (χ0n) is 11.6. The van der Waals surface area contributed by atoms with Gasteiger partial charge in [0.1, 0.15) is 5.76 Å². The summed E-state index contributed by atoms with van der Waals surface area (Å²) in [5, 5.41) is 3.88. The van der Waals surface area contributed by atoms with Crippen LogP contribution in [0.25, 0.3) is 0 Å². The number of aromatic nitrogens is 2. The number of pyridine rings is 1. The second kappa shape index (κ2) is 5.72. The highest BCUT2D eigenvalue weighted by molar-refractivity contribution is 7.89. The Labute approximate surface area is 118 Å². The van der Waals surface area contributed by atoms with Crippen LogP contribution in [0.4, 0.5) is 0 Å². The molecule has 1 atom stereocenters. The van der Waals surface area contributed by atoms with Crippen LogP contribution >= 0.6 is 0 Å². The number of nitrogens with zero attached hydrogens (tertiary/aromatic N) is 2. The van der Waals surface area contributed by atoms with Crippen LogP contribution in [-0.4, -0.2) is 24.6 Å². The molecule has 0 fully saturated rings. The zero-order chi connectivity index (χ0) is 14.8. The van der Waals surface area contributed by atoms with Gasteiger partial charge in [-0.05, 0) is 39.3 Å². The molecule has 0 spiro atoms. The highest BCUT2D eigenvalue weighted by Crippen LogP contribution is 2.15. The first-order valence-corrected chi connectivity index (χ1v) is 7.73. The van der Waals surface area contributed by atoms with Crippen molar-refractivity contribution < 1.29 is 12.9 Å². The van der Waals surface area contributed by atoms with Gasteiger partial charge >= 0.3 is 0 Å². The van der Waals surface area contributed by atoms with Crippen LogP contribution in [0.5, 0.6) is 0 Å². The van der Waals surface area contributed by atoms with E-state index in [0.29, 0.717) is 12.2 Å². The maximum atomic E-state index is 12.1. The maximum Gasteiger partial charge on any atom is 0.258 e. The lowest BCUT2D eigenvalue weighted by atomic mass is 10.1. The van der Waals surface area contributed by atoms with Crippen LogP contribution in [0.3, 0.4) is 0 Å². The maximum absolute atomic E-state index is 12.1. The van der Waals surface area contributed by atoms with Crippen LogP contribution in [0, 0.1) is 13.8 Å². The Balaban J connectivity index is 2.11. The monoisotopic (exact) mass is 295 g/mol. The Bertz CT molecular complexity index is 661. The molecule has 2 aromatic rings. The van der Waals surface area contributed by atoms with Crippen molar-refractivity contribution in [1.29, 1.82) is 0 Å². The third-order valence-corrected chi connectivity index (χ3v) is 4.47. The predicted octanol–water partition coefficient (Wildman–Crippen LogP) is 1.60. The minimum atomic E-state index is -3.60. The number of aryl methyl sites for hydroxylation is 2. The van der Waals surface area contributed by atoms with Gasteiger partial charge < -0.3 is 4.52 Å². The van der Waals surface area contributed by atoms with E-state index >= 15 is 0 Å². The average molecular weight is 295 g/mol. The lowest BCUT2D eigenvalue weighted by Gasteiger charge is -2.13. The zero-order valence-corrected chi connectivity index (χ0v) is 12.4. The van der Waals surface area contributed by atoms with E-state index in [4.69, 9.17) is 4.52 Å². The van der Waals surface area contributed by atoms with Crippen LogP contribution < -0.4 is 4.72 Å². The quantitative estimate of drug-likeness (QED) is 0.905. The van der Waals surface area contributed by atoms with Crippen molar-refractivity contribution in [2.24, 2.45) is 0 Å². The van der Waals surface area contributed by atoms with E-state index in [1.54, 1.807) is 19.1 Å². The van der Waals surface area contributed by atoms with Gasteiger partial charge in [-0.2, -0.15) is 0 Å². The fraction of sp³-hybridized carbons (Fsp3) is 0.385. The summed E-state index contributed by atoms with van der Waals surface area (Å²) in [7, 11) is -3.60. The lowest BCUT2D eigenvalue weighted by molar-refractivity contribution is 0.392. The normalized spacial score (nSPS) is 13.3. The van der Waals surface area contributed by atoms with Gasteiger partial charge in [0.05, 0.1) is 5.69 Å². The minimum absolute atomic E-state index is 0.0191. The summed E-state index contributed by atoms with van der Waals surface area (Å²) in [5.74, 6) is 0.714. The van der Waals surface area contributed by atoms with Crippen molar-refractivity contribution in [3.05, 3.63) is 41.4 Å². The molecule has 0 aliphatic heterocycles.